The van der Waals surface area contributed by atoms with Gasteiger partial charge in [0.05, 0.1) is 23.5 Å². The monoisotopic (exact) mass is 527 g/mol. The predicted molar refractivity (Wildman–Crippen MR) is 145 cm³/mol. The molecule has 3 heterocycles. The molecule has 0 amide bonds. The Bertz CT molecular complexity index is 1260. The standard InChI is InChI=1S/C25H37N9O2S/c1-4-7-19-9-11-22(12-10-19)37(35,36)29-16-21-8-6-14-34(21)25-31-23(26-13-5-2)30-24(32-25)27-15-20-17-33(3)18-28-20/h9-12,17-18,21,29H,4-8,13-16H2,1-3H3,(H2,26,27,30,31,32)/t21-/m1/s1. The Hall–Kier alpha value is -3.25. The summed E-state index contributed by atoms with van der Waals surface area (Å²) >= 11 is 0. The number of aryl methyl sites for hydroxylation is 2. The van der Waals surface area contributed by atoms with Crippen molar-refractivity contribution in [1.82, 2.24) is 29.2 Å². The smallest absolute Gasteiger partial charge is 0.240 e. The van der Waals surface area contributed by atoms with Crippen LogP contribution in [0.3, 0.4) is 0 Å². The van der Waals surface area contributed by atoms with E-state index in [1.54, 1.807) is 18.5 Å². The Kier molecular flexibility index (Phi) is 8.93. The minimum atomic E-state index is -3.61. The van der Waals surface area contributed by atoms with E-state index >= 15 is 0 Å². The maximum Gasteiger partial charge on any atom is 0.240 e. The molecule has 0 bridgehead atoms. The fraction of sp³-hybridized carbons (Fsp3) is 0.520. The first kappa shape index (κ1) is 26.8. The van der Waals surface area contributed by atoms with Gasteiger partial charge in [0.25, 0.3) is 0 Å². The predicted octanol–water partition coefficient (Wildman–Crippen LogP) is 2.94. The van der Waals surface area contributed by atoms with E-state index in [1.165, 1.54) is 0 Å². The molecule has 37 heavy (non-hydrogen) atoms. The van der Waals surface area contributed by atoms with Crippen molar-refractivity contribution in [1.29, 1.82) is 0 Å². The lowest BCUT2D eigenvalue weighted by molar-refractivity contribution is 0.565. The molecular weight excluding hydrogens is 490 g/mol. The molecule has 1 aromatic carbocycles. The largest absolute Gasteiger partial charge is 0.354 e. The summed E-state index contributed by atoms with van der Waals surface area (Å²) in [4.78, 5) is 20.5. The molecule has 1 atom stereocenters. The van der Waals surface area contributed by atoms with E-state index < -0.39 is 10.0 Å². The summed E-state index contributed by atoms with van der Waals surface area (Å²) in [5.41, 5.74) is 2.02. The van der Waals surface area contributed by atoms with Gasteiger partial charge in [0.1, 0.15) is 0 Å². The van der Waals surface area contributed by atoms with E-state index in [4.69, 9.17) is 0 Å². The first-order valence-corrected chi connectivity index (χ1v) is 14.4. The minimum absolute atomic E-state index is 0.0563. The molecule has 1 saturated heterocycles. The van der Waals surface area contributed by atoms with E-state index in [-0.39, 0.29) is 17.5 Å². The Morgan fingerprint density at radius 3 is 2.46 bits per heavy atom. The summed E-state index contributed by atoms with van der Waals surface area (Å²) in [5.74, 6) is 1.48. The molecule has 1 aliphatic heterocycles. The Morgan fingerprint density at radius 1 is 1.03 bits per heavy atom. The van der Waals surface area contributed by atoms with Gasteiger partial charge in [0.15, 0.2) is 0 Å². The van der Waals surface area contributed by atoms with E-state index in [1.807, 2.05) is 29.9 Å². The lowest BCUT2D eigenvalue weighted by Gasteiger charge is -2.25. The molecule has 0 radical (unpaired) electrons. The average molecular weight is 528 g/mol. The third kappa shape index (κ3) is 7.16. The molecule has 4 rings (SSSR count). The number of benzene rings is 1. The zero-order valence-electron chi connectivity index (χ0n) is 21.8. The van der Waals surface area contributed by atoms with Crippen molar-refractivity contribution in [2.75, 3.05) is 35.2 Å². The van der Waals surface area contributed by atoms with Crippen LogP contribution in [0.4, 0.5) is 17.8 Å². The van der Waals surface area contributed by atoms with Crippen molar-refractivity contribution in [3.63, 3.8) is 0 Å². The SMILES string of the molecule is CCCNc1nc(NCc2cn(C)cn2)nc(N2CCC[C@@H]2CNS(=O)(=O)c2ccc(CCC)cc2)n1. The fourth-order valence-corrected chi connectivity index (χ4v) is 5.41. The maximum absolute atomic E-state index is 13.0. The molecule has 11 nitrogen and oxygen atoms in total. The quantitative estimate of drug-likeness (QED) is 0.307. The minimum Gasteiger partial charge on any atom is -0.354 e. The van der Waals surface area contributed by atoms with Gasteiger partial charge < -0.3 is 20.1 Å². The molecule has 0 aliphatic carbocycles. The Balaban J connectivity index is 1.47. The van der Waals surface area contributed by atoms with Crippen molar-refractivity contribution in [2.45, 2.75) is 63.4 Å². The molecule has 0 unspecified atom stereocenters. The van der Waals surface area contributed by atoms with Crippen LogP contribution >= 0.6 is 0 Å². The number of anilines is 3. The molecule has 3 aromatic rings. The van der Waals surface area contributed by atoms with Crippen molar-refractivity contribution in [3.8, 4) is 0 Å². The number of imidazole rings is 1. The molecule has 2 aromatic heterocycles. The van der Waals surface area contributed by atoms with E-state index in [0.717, 1.165) is 56.5 Å². The van der Waals surface area contributed by atoms with Crippen LogP contribution < -0.4 is 20.3 Å². The number of hydrogen-bond acceptors (Lipinski definition) is 9. The number of sulfonamides is 1. The first-order valence-electron chi connectivity index (χ1n) is 12.9. The highest BCUT2D eigenvalue weighted by Gasteiger charge is 2.29. The molecule has 3 N–H and O–H groups in total. The second-order valence-corrected chi connectivity index (χ2v) is 11.1. The molecule has 200 valence electrons. The normalized spacial score (nSPS) is 15.8. The molecule has 1 fully saturated rings. The van der Waals surface area contributed by atoms with Crippen LogP contribution in [0, 0.1) is 0 Å². The number of nitrogens with one attached hydrogen (secondary N) is 3. The summed E-state index contributed by atoms with van der Waals surface area (Å²) < 4.78 is 30.6. The van der Waals surface area contributed by atoms with E-state index in [2.05, 4.69) is 54.0 Å². The number of nitrogens with zero attached hydrogens (tertiary/aromatic N) is 6. The summed E-state index contributed by atoms with van der Waals surface area (Å²) in [5, 5.41) is 6.49. The number of hydrogen-bond donors (Lipinski definition) is 3. The number of rotatable bonds is 13. The van der Waals surface area contributed by atoms with Crippen LogP contribution in [0.1, 0.15) is 50.8 Å². The van der Waals surface area contributed by atoms with Gasteiger partial charge in [0.2, 0.25) is 27.9 Å². The maximum atomic E-state index is 13.0. The van der Waals surface area contributed by atoms with Gasteiger partial charge >= 0.3 is 0 Å². The van der Waals surface area contributed by atoms with Gasteiger partial charge in [-0.1, -0.05) is 32.4 Å². The van der Waals surface area contributed by atoms with Gasteiger partial charge in [-0.25, -0.2) is 18.1 Å². The van der Waals surface area contributed by atoms with Gasteiger partial charge in [-0.2, -0.15) is 15.0 Å². The zero-order chi connectivity index (χ0) is 26.3. The topological polar surface area (TPSA) is 130 Å². The lowest BCUT2D eigenvalue weighted by Crippen LogP contribution is -2.41. The molecule has 12 heteroatoms. The van der Waals surface area contributed by atoms with E-state index in [9.17, 15) is 8.42 Å². The van der Waals surface area contributed by atoms with Crippen LogP contribution in [-0.2, 0) is 30.0 Å². The lowest BCUT2D eigenvalue weighted by atomic mass is 10.1. The number of aromatic nitrogens is 5. The summed E-state index contributed by atoms with van der Waals surface area (Å²) in [7, 11) is -1.69. The van der Waals surface area contributed by atoms with Crippen LogP contribution in [-0.4, -0.2) is 58.6 Å². The molecule has 1 aliphatic rings. The molecular formula is C25H37N9O2S. The van der Waals surface area contributed by atoms with Gasteiger partial charge in [-0.15, -0.1) is 0 Å². The van der Waals surface area contributed by atoms with Crippen LogP contribution in [0.25, 0.3) is 0 Å². The van der Waals surface area contributed by atoms with Gasteiger partial charge in [0, 0.05) is 38.9 Å². The summed E-state index contributed by atoms with van der Waals surface area (Å²) in [6.45, 7) is 6.43. The summed E-state index contributed by atoms with van der Waals surface area (Å²) in [6, 6.07) is 7.07. The zero-order valence-corrected chi connectivity index (χ0v) is 22.6. The van der Waals surface area contributed by atoms with Crippen LogP contribution in [0.5, 0.6) is 0 Å². The molecule has 0 saturated carbocycles. The fourth-order valence-electron chi connectivity index (χ4n) is 4.34. The van der Waals surface area contributed by atoms with Crippen molar-refractivity contribution in [2.24, 2.45) is 7.05 Å². The highest BCUT2D eigenvalue weighted by molar-refractivity contribution is 7.89. The third-order valence-electron chi connectivity index (χ3n) is 6.26. The van der Waals surface area contributed by atoms with Crippen molar-refractivity contribution >= 4 is 27.9 Å². The first-order chi connectivity index (χ1) is 17.9. The van der Waals surface area contributed by atoms with Gasteiger partial charge in [-0.05, 0) is 43.4 Å². The second kappa shape index (κ2) is 12.3. The Morgan fingerprint density at radius 2 is 1.78 bits per heavy atom. The second-order valence-electron chi connectivity index (χ2n) is 9.33. The third-order valence-corrected chi connectivity index (χ3v) is 7.70. The van der Waals surface area contributed by atoms with Gasteiger partial charge in [-0.3, -0.25) is 0 Å². The highest BCUT2D eigenvalue weighted by atomic mass is 32.2. The Labute approximate surface area is 219 Å². The van der Waals surface area contributed by atoms with Crippen LogP contribution in [0.2, 0.25) is 0 Å². The van der Waals surface area contributed by atoms with E-state index in [0.29, 0.717) is 24.4 Å². The average Bonchev–Trinajstić information content (AvgIpc) is 3.54. The molecule has 0 spiro atoms. The highest BCUT2D eigenvalue weighted by Crippen LogP contribution is 2.24. The van der Waals surface area contributed by atoms with Crippen molar-refractivity contribution in [3.05, 3.63) is 48.0 Å². The van der Waals surface area contributed by atoms with Crippen molar-refractivity contribution < 1.29 is 8.42 Å². The summed E-state index contributed by atoms with van der Waals surface area (Å²) in [6.07, 6.45) is 8.35. The van der Waals surface area contributed by atoms with Crippen LogP contribution in [0.15, 0.2) is 41.7 Å².